The SMILES string of the molecule is CC(C)S(=O)(=O)Oc1ccc(CN(C[C@H]2CCCO2)C(=O)c2ccccc2F)cc1. The first-order valence-corrected chi connectivity index (χ1v) is 11.4. The Morgan fingerprint density at radius 2 is 1.90 bits per heavy atom. The van der Waals surface area contributed by atoms with Crippen LogP contribution in [0.1, 0.15) is 42.6 Å². The molecule has 8 heteroatoms. The van der Waals surface area contributed by atoms with E-state index in [1.165, 1.54) is 12.1 Å². The number of nitrogens with zero attached hydrogens (tertiary/aromatic N) is 1. The van der Waals surface area contributed by atoms with E-state index in [9.17, 15) is 17.6 Å². The molecule has 0 bridgehead atoms. The standard InChI is InChI=1S/C22H26FNO5S/c1-16(2)30(26,27)29-18-11-9-17(10-12-18)14-24(15-19-6-5-13-28-19)22(25)20-7-3-4-8-21(20)23/h3-4,7-12,16,19H,5-6,13-15H2,1-2H3/t19-/m1/s1. The molecule has 6 nitrogen and oxygen atoms in total. The molecule has 1 atom stereocenters. The van der Waals surface area contributed by atoms with Crippen LogP contribution < -0.4 is 4.18 Å². The van der Waals surface area contributed by atoms with Crippen LogP contribution in [-0.4, -0.2) is 43.7 Å². The van der Waals surface area contributed by atoms with Gasteiger partial charge in [-0.2, -0.15) is 8.42 Å². The minimum Gasteiger partial charge on any atom is -0.382 e. The first kappa shape index (κ1) is 22.2. The zero-order chi connectivity index (χ0) is 21.7. The maximum atomic E-state index is 14.2. The van der Waals surface area contributed by atoms with Gasteiger partial charge in [-0.1, -0.05) is 24.3 Å². The molecule has 1 heterocycles. The van der Waals surface area contributed by atoms with Gasteiger partial charge >= 0.3 is 10.1 Å². The van der Waals surface area contributed by atoms with Crippen LogP contribution in [0.15, 0.2) is 48.5 Å². The summed E-state index contributed by atoms with van der Waals surface area (Å²) in [5, 5.41) is -0.655. The van der Waals surface area contributed by atoms with Crippen molar-refractivity contribution < 1.29 is 26.5 Å². The van der Waals surface area contributed by atoms with Gasteiger partial charge in [0.15, 0.2) is 0 Å². The summed E-state index contributed by atoms with van der Waals surface area (Å²) in [6.45, 7) is 4.34. The highest BCUT2D eigenvalue weighted by molar-refractivity contribution is 7.87. The number of halogens is 1. The Morgan fingerprint density at radius 3 is 2.50 bits per heavy atom. The smallest absolute Gasteiger partial charge is 0.311 e. The molecule has 0 N–H and O–H groups in total. The lowest BCUT2D eigenvalue weighted by molar-refractivity contribution is 0.0504. The third kappa shape index (κ3) is 5.58. The van der Waals surface area contributed by atoms with E-state index in [2.05, 4.69) is 0 Å². The summed E-state index contributed by atoms with van der Waals surface area (Å²) in [4.78, 5) is 14.6. The maximum absolute atomic E-state index is 14.2. The molecule has 2 aromatic rings. The molecule has 0 aromatic heterocycles. The molecule has 2 aromatic carbocycles. The highest BCUT2D eigenvalue weighted by atomic mass is 32.2. The number of hydrogen-bond acceptors (Lipinski definition) is 5. The van der Waals surface area contributed by atoms with Crippen molar-refractivity contribution >= 4 is 16.0 Å². The van der Waals surface area contributed by atoms with Gasteiger partial charge in [0.05, 0.1) is 16.9 Å². The lowest BCUT2D eigenvalue weighted by Crippen LogP contribution is -2.37. The van der Waals surface area contributed by atoms with Gasteiger partial charge < -0.3 is 13.8 Å². The van der Waals surface area contributed by atoms with E-state index in [1.54, 1.807) is 55.1 Å². The molecule has 1 fully saturated rings. The number of amides is 1. The molecule has 0 saturated carbocycles. The number of hydrogen-bond donors (Lipinski definition) is 0. The number of carbonyl (C=O) groups is 1. The summed E-state index contributed by atoms with van der Waals surface area (Å²) in [6.07, 6.45) is 1.70. The quantitative estimate of drug-likeness (QED) is 0.591. The van der Waals surface area contributed by atoms with Gasteiger partial charge in [-0.05, 0) is 56.5 Å². The van der Waals surface area contributed by atoms with Crippen LogP contribution in [0, 0.1) is 5.82 Å². The molecular weight excluding hydrogens is 409 g/mol. The maximum Gasteiger partial charge on any atom is 0.311 e. The Morgan fingerprint density at radius 1 is 1.20 bits per heavy atom. The Kier molecular flexibility index (Phi) is 7.10. The summed E-state index contributed by atoms with van der Waals surface area (Å²) < 4.78 is 48.7. The van der Waals surface area contributed by atoms with Gasteiger partial charge in [0.2, 0.25) is 0 Å². The average Bonchev–Trinajstić information content (AvgIpc) is 3.21. The van der Waals surface area contributed by atoms with Gasteiger partial charge in [-0.15, -0.1) is 0 Å². The van der Waals surface area contributed by atoms with Crippen molar-refractivity contribution in [3.05, 3.63) is 65.5 Å². The molecular formula is C22H26FNO5S. The third-order valence-corrected chi connectivity index (χ3v) is 6.51. The monoisotopic (exact) mass is 435 g/mol. The van der Waals surface area contributed by atoms with Crippen LogP contribution in [0.5, 0.6) is 5.75 Å². The van der Waals surface area contributed by atoms with Crippen LogP contribution in [0.4, 0.5) is 4.39 Å². The van der Waals surface area contributed by atoms with Crippen molar-refractivity contribution in [1.29, 1.82) is 0 Å². The van der Waals surface area contributed by atoms with Crippen molar-refractivity contribution in [3.8, 4) is 5.75 Å². The van der Waals surface area contributed by atoms with E-state index < -0.39 is 27.1 Å². The van der Waals surface area contributed by atoms with Crippen molar-refractivity contribution in [2.24, 2.45) is 0 Å². The Balaban J connectivity index is 1.77. The minimum absolute atomic E-state index is 0.0125. The summed E-state index contributed by atoms with van der Waals surface area (Å²) >= 11 is 0. The highest BCUT2D eigenvalue weighted by Crippen LogP contribution is 2.21. The summed E-state index contributed by atoms with van der Waals surface area (Å²) in [7, 11) is -3.68. The predicted molar refractivity (Wildman–Crippen MR) is 111 cm³/mol. The fourth-order valence-electron chi connectivity index (χ4n) is 3.16. The minimum atomic E-state index is -3.68. The van der Waals surface area contributed by atoms with E-state index >= 15 is 0 Å². The molecule has 1 amide bonds. The van der Waals surface area contributed by atoms with Gasteiger partial charge in [-0.3, -0.25) is 4.79 Å². The summed E-state index contributed by atoms with van der Waals surface area (Å²) in [6, 6.07) is 12.4. The number of rotatable bonds is 8. The van der Waals surface area contributed by atoms with E-state index in [0.29, 0.717) is 13.2 Å². The van der Waals surface area contributed by atoms with E-state index in [0.717, 1.165) is 18.4 Å². The Hall–Kier alpha value is -2.45. The molecule has 1 aliphatic rings. The lowest BCUT2D eigenvalue weighted by atomic mass is 10.1. The lowest BCUT2D eigenvalue weighted by Gasteiger charge is -2.26. The van der Waals surface area contributed by atoms with Crippen LogP contribution >= 0.6 is 0 Å². The van der Waals surface area contributed by atoms with E-state index in [-0.39, 0.29) is 24.0 Å². The Labute approximate surface area is 176 Å². The zero-order valence-corrected chi connectivity index (χ0v) is 17.9. The van der Waals surface area contributed by atoms with Crippen LogP contribution in [-0.2, 0) is 21.4 Å². The van der Waals surface area contributed by atoms with Crippen molar-refractivity contribution in [2.75, 3.05) is 13.2 Å². The molecule has 0 unspecified atom stereocenters. The second kappa shape index (κ2) is 9.57. The largest absolute Gasteiger partial charge is 0.382 e. The third-order valence-electron chi connectivity index (χ3n) is 4.93. The van der Waals surface area contributed by atoms with Crippen molar-refractivity contribution in [1.82, 2.24) is 4.90 Å². The summed E-state index contributed by atoms with van der Waals surface area (Å²) in [5.41, 5.74) is 0.783. The fourth-order valence-corrected chi connectivity index (χ4v) is 3.73. The van der Waals surface area contributed by atoms with Crippen molar-refractivity contribution in [2.45, 2.75) is 44.6 Å². The van der Waals surface area contributed by atoms with Crippen LogP contribution in [0.3, 0.4) is 0 Å². The topological polar surface area (TPSA) is 72.9 Å². The highest BCUT2D eigenvalue weighted by Gasteiger charge is 2.25. The molecule has 1 aliphatic heterocycles. The molecule has 0 spiro atoms. The van der Waals surface area contributed by atoms with E-state index in [4.69, 9.17) is 8.92 Å². The zero-order valence-electron chi connectivity index (χ0n) is 17.1. The van der Waals surface area contributed by atoms with Crippen molar-refractivity contribution in [3.63, 3.8) is 0 Å². The second-order valence-corrected chi connectivity index (χ2v) is 9.66. The van der Waals surface area contributed by atoms with Gasteiger partial charge in [0, 0.05) is 19.7 Å². The van der Waals surface area contributed by atoms with E-state index in [1.807, 2.05) is 0 Å². The van der Waals surface area contributed by atoms with Gasteiger partial charge in [0.1, 0.15) is 11.6 Å². The summed E-state index contributed by atoms with van der Waals surface area (Å²) in [5.74, 6) is -0.771. The number of ether oxygens (including phenoxy) is 1. The molecule has 3 rings (SSSR count). The second-order valence-electron chi connectivity index (χ2n) is 7.57. The Bertz CT molecular complexity index is 969. The van der Waals surface area contributed by atoms with Crippen LogP contribution in [0.2, 0.25) is 0 Å². The first-order chi connectivity index (χ1) is 14.3. The molecule has 0 radical (unpaired) electrons. The number of benzene rings is 2. The van der Waals surface area contributed by atoms with Gasteiger partial charge in [0.25, 0.3) is 5.91 Å². The molecule has 0 aliphatic carbocycles. The van der Waals surface area contributed by atoms with Gasteiger partial charge in [-0.25, -0.2) is 4.39 Å². The number of carbonyl (C=O) groups excluding carboxylic acids is 1. The average molecular weight is 436 g/mol. The molecule has 30 heavy (non-hydrogen) atoms. The molecule has 162 valence electrons. The van der Waals surface area contributed by atoms with Crippen LogP contribution in [0.25, 0.3) is 0 Å². The predicted octanol–water partition coefficient (Wildman–Crippen LogP) is 3.76. The normalized spacial score (nSPS) is 16.6. The first-order valence-electron chi connectivity index (χ1n) is 9.94. The molecule has 1 saturated heterocycles. The fraction of sp³-hybridized carbons (Fsp3) is 0.409.